The van der Waals surface area contributed by atoms with Gasteiger partial charge in [-0.15, -0.1) is 0 Å². The molecule has 23 heavy (non-hydrogen) atoms. The maximum Gasteiger partial charge on any atom is 0.289 e. The maximum atomic E-state index is 11.8. The predicted molar refractivity (Wildman–Crippen MR) is 85.4 cm³/mol. The van der Waals surface area contributed by atoms with Gasteiger partial charge in [-0.1, -0.05) is 6.07 Å². The molecule has 1 aromatic carbocycles. The van der Waals surface area contributed by atoms with Gasteiger partial charge in [-0.3, -0.25) is 9.78 Å². The first-order chi connectivity index (χ1) is 11.2. The fourth-order valence-corrected chi connectivity index (χ4v) is 1.94. The lowest BCUT2D eigenvalue weighted by Gasteiger charge is -2.13. The van der Waals surface area contributed by atoms with Gasteiger partial charge >= 0.3 is 0 Å². The van der Waals surface area contributed by atoms with Gasteiger partial charge in [-0.05, 0) is 24.3 Å². The highest BCUT2D eigenvalue weighted by atomic mass is 16.5. The molecule has 0 aliphatic heterocycles. The Hall–Kier alpha value is -3.09. The SMILES string of the molecule is COc1ccc(/C=N\NC(=O)c2ccccn2)c(OC)c1OC. The lowest BCUT2D eigenvalue weighted by molar-refractivity contribution is 0.0950. The lowest BCUT2D eigenvalue weighted by atomic mass is 10.2. The zero-order valence-electron chi connectivity index (χ0n) is 13.1. The van der Waals surface area contributed by atoms with E-state index >= 15 is 0 Å². The summed E-state index contributed by atoms with van der Waals surface area (Å²) in [7, 11) is 4.57. The van der Waals surface area contributed by atoms with Crippen molar-refractivity contribution in [3.8, 4) is 17.2 Å². The van der Waals surface area contributed by atoms with E-state index < -0.39 is 5.91 Å². The number of rotatable bonds is 6. The highest BCUT2D eigenvalue weighted by Crippen LogP contribution is 2.38. The summed E-state index contributed by atoms with van der Waals surface area (Å²) in [5, 5.41) is 3.92. The van der Waals surface area contributed by atoms with Crippen molar-refractivity contribution in [1.29, 1.82) is 0 Å². The number of hydrogen-bond donors (Lipinski definition) is 1. The minimum Gasteiger partial charge on any atom is -0.493 e. The van der Waals surface area contributed by atoms with Crippen LogP contribution in [0.5, 0.6) is 17.2 Å². The zero-order valence-corrected chi connectivity index (χ0v) is 13.1. The molecule has 0 saturated heterocycles. The molecule has 7 nitrogen and oxygen atoms in total. The van der Waals surface area contributed by atoms with Gasteiger partial charge in [0.1, 0.15) is 5.69 Å². The number of nitrogens with zero attached hydrogens (tertiary/aromatic N) is 2. The van der Waals surface area contributed by atoms with Crippen LogP contribution in [0.4, 0.5) is 0 Å². The van der Waals surface area contributed by atoms with Crippen LogP contribution in [0.2, 0.25) is 0 Å². The number of methoxy groups -OCH3 is 3. The molecule has 0 spiro atoms. The molecule has 0 bridgehead atoms. The highest BCUT2D eigenvalue weighted by Gasteiger charge is 2.14. The summed E-state index contributed by atoms with van der Waals surface area (Å²) in [6.45, 7) is 0. The van der Waals surface area contributed by atoms with Crippen LogP contribution >= 0.6 is 0 Å². The fourth-order valence-electron chi connectivity index (χ4n) is 1.94. The van der Waals surface area contributed by atoms with Crippen molar-refractivity contribution in [1.82, 2.24) is 10.4 Å². The zero-order chi connectivity index (χ0) is 16.7. The van der Waals surface area contributed by atoms with E-state index in [2.05, 4.69) is 15.5 Å². The number of carbonyl (C=O) groups is 1. The fraction of sp³-hybridized carbons (Fsp3) is 0.188. The second-order valence-corrected chi connectivity index (χ2v) is 4.34. The van der Waals surface area contributed by atoms with Crippen molar-refractivity contribution in [3.63, 3.8) is 0 Å². The minimum atomic E-state index is -0.402. The molecule has 2 aromatic rings. The number of aromatic nitrogens is 1. The maximum absolute atomic E-state index is 11.8. The molecule has 1 heterocycles. The lowest BCUT2D eigenvalue weighted by Crippen LogP contribution is -2.18. The summed E-state index contributed by atoms with van der Waals surface area (Å²) >= 11 is 0. The topological polar surface area (TPSA) is 82.0 Å². The molecule has 0 unspecified atom stereocenters. The number of hydrazone groups is 1. The third kappa shape index (κ3) is 3.76. The first kappa shape index (κ1) is 16.3. The van der Waals surface area contributed by atoms with Gasteiger partial charge in [0.05, 0.1) is 27.5 Å². The molecule has 1 aromatic heterocycles. The smallest absolute Gasteiger partial charge is 0.289 e. The summed E-state index contributed by atoms with van der Waals surface area (Å²) in [5.41, 5.74) is 3.32. The number of carbonyl (C=O) groups excluding carboxylic acids is 1. The normalized spacial score (nSPS) is 10.4. The van der Waals surface area contributed by atoms with E-state index in [1.165, 1.54) is 33.7 Å². The van der Waals surface area contributed by atoms with E-state index in [4.69, 9.17) is 14.2 Å². The van der Waals surface area contributed by atoms with Crippen molar-refractivity contribution < 1.29 is 19.0 Å². The molecule has 7 heteroatoms. The van der Waals surface area contributed by atoms with Crippen molar-refractivity contribution in [3.05, 3.63) is 47.8 Å². The Balaban J connectivity index is 2.18. The molecule has 0 aliphatic carbocycles. The summed E-state index contributed by atoms with van der Waals surface area (Å²) < 4.78 is 15.8. The second-order valence-electron chi connectivity index (χ2n) is 4.34. The molecule has 120 valence electrons. The van der Waals surface area contributed by atoms with Crippen molar-refractivity contribution in [2.45, 2.75) is 0 Å². The van der Waals surface area contributed by atoms with Crippen LogP contribution < -0.4 is 19.6 Å². The predicted octanol–water partition coefficient (Wildman–Crippen LogP) is 1.87. The number of benzene rings is 1. The standard InChI is InChI=1S/C16H17N3O4/c1-21-13-8-7-11(14(22-2)15(13)23-3)10-18-19-16(20)12-6-4-5-9-17-12/h4-10H,1-3H3,(H,19,20)/b18-10-. The Labute approximate surface area is 133 Å². The van der Waals surface area contributed by atoms with Crippen molar-refractivity contribution in [2.75, 3.05) is 21.3 Å². The first-order valence-corrected chi connectivity index (χ1v) is 6.74. The Kier molecular flexibility index (Phi) is 5.51. The Morgan fingerprint density at radius 3 is 2.48 bits per heavy atom. The monoisotopic (exact) mass is 315 g/mol. The molecule has 1 N–H and O–H groups in total. The summed E-state index contributed by atoms with van der Waals surface area (Å²) in [5.74, 6) is 1.05. The van der Waals surface area contributed by atoms with Crippen molar-refractivity contribution >= 4 is 12.1 Å². The van der Waals surface area contributed by atoms with Gasteiger partial charge in [0, 0.05) is 11.8 Å². The second kappa shape index (κ2) is 7.79. The van der Waals surface area contributed by atoms with E-state index in [0.29, 0.717) is 22.8 Å². The van der Waals surface area contributed by atoms with Crippen LogP contribution in [0.1, 0.15) is 16.1 Å². The van der Waals surface area contributed by atoms with E-state index in [9.17, 15) is 4.79 Å². The van der Waals surface area contributed by atoms with Gasteiger partial charge in [-0.2, -0.15) is 5.10 Å². The molecule has 1 amide bonds. The number of hydrogen-bond acceptors (Lipinski definition) is 6. The van der Waals surface area contributed by atoms with E-state index in [-0.39, 0.29) is 5.69 Å². The van der Waals surface area contributed by atoms with Gasteiger partial charge in [0.25, 0.3) is 5.91 Å². The van der Waals surface area contributed by atoms with Crippen LogP contribution in [0.15, 0.2) is 41.6 Å². The number of pyridine rings is 1. The summed E-state index contributed by atoms with van der Waals surface area (Å²) in [6, 6.07) is 8.53. The molecular weight excluding hydrogens is 298 g/mol. The van der Waals surface area contributed by atoms with Crippen molar-refractivity contribution in [2.24, 2.45) is 5.10 Å². The molecule has 0 fully saturated rings. The highest BCUT2D eigenvalue weighted by molar-refractivity contribution is 5.93. The van der Waals surface area contributed by atoms with Crippen LogP contribution in [-0.2, 0) is 0 Å². The number of nitrogens with one attached hydrogen (secondary N) is 1. The van der Waals surface area contributed by atoms with Crippen LogP contribution in [0.25, 0.3) is 0 Å². The van der Waals surface area contributed by atoms with Crippen LogP contribution in [-0.4, -0.2) is 38.4 Å². The van der Waals surface area contributed by atoms with E-state index in [1.54, 1.807) is 30.3 Å². The Morgan fingerprint density at radius 1 is 1.09 bits per heavy atom. The molecule has 2 rings (SSSR count). The average molecular weight is 315 g/mol. The van der Waals surface area contributed by atoms with E-state index in [0.717, 1.165) is 0 Å². The average Bonchev–Trinajstić information content (AvgIpc) is 2.61. The quantitative estimate of drug-likeness (QED) is 0.650. The van der Waals surface area contributed by atoms with Gasteiger partial charge in [-0.25, -0.2) is 5.43 Å². The Morgan fingerprint density at radius 2 is 1.87 bits per heavy atom. The molecule has 0 atom stereocenters. The number of amides is 1. The molecule has 0 radical (unpaired) electrons. The molecule has 0 saturated carbocycles. The minimum absolute atomic E-state index is 0.281. The summed E-state index contributed by atoms with van der Waals surface area (Å²) in [6.07, 6.45) is 3.00. The molecule has 0 aliphatic rings. The molecular formula is C16H17N3O4. The largest absolute Gasteiger partial charge is 0.493 e. The third-order valence-corrected chi connectivity index (χ3v) is 3.00. The number of ether oxygens (including phenoxy) is 3. The van der Waals surface area contributed by atoms with Crippen LogP contribution in [0.3, 0.4) is 0 Å². The first-order valence-electron chi connectivity index (χ1n) is 6.74. The van der Waals surface area contributed by atoms with Gasteiger partial charge in [0.2, 0.25) is 5.75 Å². The van der Waals surface area contributed by atoms with Gasteiger partial charge in [0.15, 0.2) is 11.5 Å². The van der Waals surface area contributed by atoms with Crippen LogP contribution in [0, 0.1) is 0 Å². The van der Waals surface area contributed by atoms with E-state index in [1.807, 2.05) is 0 Å². The van der Waals surface area contributed by atoms with Gasteiger partial charge < -0.3 is 14.2 Å². The third-order valence-electron chi connectivity index (χ3n) is 3.00. The summed E-state index contributed by atoms with van der Waals surface area (Å²) in [4.78, 5) is 15.8. The Bertz CT molecular complexity index is 702.